The second-order valence-electron chi connectivity index (χ2n) is 5.85. The number of hydrogen-bond acceptors (Lipinski definition) is 5. The third-order valence-electron chi connectivity index (χ3n) is 3.66. The number of methoxy groups -OCH3 is 1. The summed E-state index contributed by atoms with van der Waals surface area (Å²) in [6.45, 7) is 5.23. The van der Waals surface area contributed by atoms with Gasteiger partial charge in [-0.1, -0.05) is 24.3 Å². The fourth-order valence-corrected chi connectivity index (χ4v) is 3.10. The highest BCUT2D eigenvalue weighted by Gasteiger charge is 2.23. The number of rotatable bonds is 7. The monoisotopic (exact) mass is 373 g/mol. The van der Waals surface area contributed by atoms with E-state index in [1.54, 1.807) is 26.0 Å². The summed E-state index contributed by atoms with van der Waals surface area (Å²) < 4.78 is 10.6. The molecule has 2 rings (SSSR count). The molecule has 0 bridgehead atoms. The van der Waals surface area contributed by atoms with Crippen LogP contribution >= 0.6 is 11.8 Å². The molecule has 0 aliphatic carbocycles. The van der Waals surface area contributed by atoms with E-state index in [2.05, 4.69) is 5.32 Å². The van der Waals surface area contributed by atoms with Crippen molar-refractivity contribution >= 4 is 29.3 Å². The number of ether oxygens (including phenoxy) is 2. The molecule has 2 atom stereocenters. The van der Waals surface area contributed by atoms with E-state index in [1.165, 1.54) is 18.9 Å². The average Bonchev–Trinajstić information content (AvgIpc) is 2.62. The molecule has 0 heterocycles. The van der Waals surface area contributed by atoms with Crippen LogP contribution in [0.15, 0.2) is 53.4 Å². The maximum Gasteiger partial charge on any atom is 0.319 e. The van der Waals surface area contributed by atoms with Crippen LogP contribution in [-0.2, 0) is 14.3 Å². The van der Waals surface area contributed by atoms with Crippen molar-refractivity contribution in [1.82, 2.24) is 0 Å². The minimum absolute atomic E-state index is 0.404. The van der Waals surface area contributed by atoms with Gasteiger partial charge in [0.25, 0.3) is 5.91 Å². The predicted molar refractivity (Wildman–Crippen MR) is 104 cm³/mol. The Bertz CT molecular complexity index is 764. The fraction of sp³-hybridized carbons (Fsp3) is 0.300. The fourth-order valence-electron chi connectivity index (χ4n) is 2.23. The van der Waals surface area contributed by atoms with E-state index >= 15 is 0 Å². The van der Waals surface area contributed by atoms with Crippen molar-refractivity contribution in [2.45, 2.75) is 37.0 Å². The van der Waals surface area contributed by atoms with E-state index in [1.807, 2.05) is 43.3 Å². The molecular weight excluding hydrogens is 350 g/mol. The van der Waals surface area contributed by atoms with Gasteiger partial charge in [-0.2, -0.15) is 0 Å². The number of benzene rings is 2. The molecule has 2 aromatic carbocycles. The summed E-state index contributed by atoms with van der Waals surface area (Å²) in [5.41, 5.74) is 1.53. The molecule has 0 unspecified atom stereocenters. The summed E-state index contributed by atoms with van der Waals surface area (Å²) >= 11 is 1.39. The molecule has 5 nitrogen and oxygen atoms in total. The lowest BCUT2D eigenvalue weighted by atomic mass is 10.2. The summed E-state index contributed by atoms with van der Waals surface area (Å²) in [7, 11) is 1.53. The first-order chi connectivity index (χ1) is 12.4. The van der Waals surface area contributed by atoms with Crippen LogP contribution in [0.2, 0.25) is 0 Å². The Morgan fingerprint density at radius 3 is 2.42 bits per heavy atom. The molecule has 0 spiro atoms. The number of aryl methyl sites for hydroxylation is 1. The first-order valence-electron chi connectivity index (χ1n) is 8.28. The van der Waals surface area contributed by atoms with Crippen molar-refractivity contribution in [3.8, 4) is 5.75 Å². The van der Waals surface area contributed by atoms with E-state index in [0.29, 0.717) is 11.4 Å². The summed E-state index contributed by atoms with van der Waals surface area (Å²) in [6.07, 6.45) is -0.911. The number of esters is 1. The number of carbonyl (C=O) groups is 2. The van der Waals surface area contributed by atoms with Gasteiger partial charge in [0.05, 0.1) is 12.8 Å². The molecular formula is C20H23NO4S. The number of hydrogen-bond donors (Lipinski definition) is 1. The molecule has 0 saturated carbocycles. The molecule has 6 heteroatoms. The van der Waals surface area contributed by atoms with Crippen LogP contribution in [0.3, 0.4) is 0 Å². The van der Waals surface area contributed by atoms with Gasteiger partial charge in [-0.3, -0.25) is 9.59 Å². The van der Waals surface area contributed by atoms with Crippen LogP contribution in [-0.4, -0.2) is 30.3 Å². The first-order valence-corrected chi connectivity index (χ1v) is 9.16. The van der Waals surface area contributed by atoms with Crippen molar-refractivity contribution in [1.29, 1.82) is 0 Å². The quantitative estimate of drug-likeness (QED) is 0.586. The normalized spacial score (nSPS) is 12.8. The van der Waals surface area contributed by atoms with E-state index in [4.69, 9.17) is 9.47 Å². The van der Waals surface area contributed by atoms with Gasteiger partial charge in [0.2, 0.25) is 0 Å². The summed E-state index contributed by atoms with van der Waals surface area (Å²) in [5.74, 6) is -0.285. The van der Waals surface area contributed by atoms with E-state index in [0.717, 1.165) is 10.5 Å². The Kier molecular flexibility index (Phi) is 7.09. The second-order valence-corrected chi connectivity index (χ2v) is 7.26. The van der Waals surface area contributed by atoms with Gasteiger partial charge < -0.3 is 14.8 Å². The lowest BCUT2D eigenvalue weighted by molar-refractivity contribution is -0.152. The number of anilines is 1. The van der Waals surface area contributed by atoms with Gasteiger partial charge >= 0.3 is 5.97 Å². The van der Waals surface area contributed by atoms with Gasteiger partial charge in [-0.05, 0) is 50.6 Å². The third kappa shape index (κ3) is 5.52. The minimum Gasteiger partial charge on any atom is -0.495 e. The average molecular weight is 373 g/mol. The number of thioether (sulfide) groups is 1. The molecule has 26 heavy (non-hydrogen) atoms. The van der Waals surface area contributed by atoms with Crippen molar-refractivity contribution in [2.24, 2.45) is 0 Å². The van der Waals surface area contributed by atoms with Crippen LogP contribution in [0.25, 0.3) is 0 Å². The predicted octanol–water partition coefficient (Wildman–Crippen LogP) is 4.05. The number of carbonyl (C=O) groups excluding carboxylic acids is 2. The van der Waals surface area contributed by atoms with E-state index < -0.39 is 23.2 Å². The Hall–Kier alpha value is -2.47. The molecule has 138 valence electrons. The van der Waals surface area contributed by atoms with Crippen LogP contribution < -0.4 is 10.1 Å². The lowest BCUT2D eigenvalue weighted by Gasteiger charge is -2.17. The van der Waals surface area contributed by atoms with Gasteiger partial charge in [0, 0.05) is 4.90 Å². The maximum atomic E-state index is 12.4. The molecule has 0 radical (unpaired) electrons. The second kappa shape index (κ2) is 9.29. The smallest absolute Gasteiger partial charge is 0.319 e. The SMILES string of the molecule is COc1ccc(C)cc1NC(=O)[C@H](C)OC(=O)[C@@H](C)Sc1ccccc1. The van der Waals surface area contributed by atoms with Crippen molar-refractivity contribution in [2.75, 3.05) is 12.4 Å². The van der Waals surface area contributed by atoms with Gasteiger partial charge in [-0.25, -0.2) is 0 Å². The lowest BCUT2D eigenvalue weighted by Crippen LogP contribution is -2.32. The maximum absolute atomic E-state index is 12.4. The van der Waals surface area contributed by atoms with E-state index in [9.17, 15) is 9.59 Å². The van der Waals surface area contributed by atoms with Crippen LogP contribution in [0.1, 0.15) is 19.4 Å². The third-order valence-corrected chi connectivity index (χ3v) is 4.75. The van der Waals surface area contributed by atoms with E-state index in [-0.39, 0.29) is 0 Å². The Morgan fingerprint density at radius 1 is 1.08 bits per heavy atom. The standard InChI is InChI=1S/C20H23NO4S/c1-13-10-11-18(24-4)17(12-13)21-19(22)14(2)25-20(23)15(3)26-16-8-6-5-7-9-16/h5-12,14-15H,1-4H3,(H,21,22)/t14-,15+/m0/s1. The zero-order chi connectivity index (χ0) is 19.1. The summed E-state index contributed by atoms with van der Waals surface area (Å²) in [6, 6.07) is 15.1. The van der Waals surface area contributed by atoms with Crippen molar-refractivity contribution in [3.05, 3.63) is 54.1 Å². The Balaban J connectivity index is 1.94. The van der Waals surface area contributed by atoms with Crippen LogP contribution in [0, 0.1) is 6.92 Å². The molecule has 1 amide bonds. The topological polar surface area (TPSA) is 64.6 Å². The zero-order valence-electron chi connectivity index (χ0n) is 15.3. The number of amides is 1. The Morgan fingerprint density at radius 2 is 1.77 bits per heavy atom. The molecule has 0 aliphatic rings. The molecule has 0 aliphatic heterocycles. The molecule has 0 aromatic heterocycles. The highest BCUT2D eigenvalue weighted by Crippen LogP contribution is 2.26. The van der Waals surface area contributed by atoms with Crippen molar-refractivity contribution < 1.29 is 19.1 Å². The summed E-state index contributed by atoms with van der Waals surface area (Å²) in [4.78, 5) is 25.6. The molecule has 2 aromatic rings. The Labute approximate surface area is 158 Å². The molecule has 1 N–H and O–H groups in total. The highest BCUT2D eigenvalue weighted by molar-refractivity contribution is 8.00. The zero-order valence-corrected chi connectivity index (χ0v) is 16.1. The van der Waals surface area contributed by atoms with Gasteiger partial charge in [0.1, 0.15) is 11.0 Å². The first kappa shape index (κ1) is 19.8. The molecule has 0 fully saturated rings. The van der Waals surface area contributed by atoms with Gasteiger partial charge in [-0.15, -0.1) is 11.8 Å². The number of nitrogens with one attached hydrogen (secondary N) is 1. The minimum atomic E-state index is -0.911. The van der Waals surface area contributed by atoms with Crippen molar-refractivity contribution in [3.63, 3.8) is 0 Å². The van der Waals surface area contributed by atoms with Crippen LogP contribution in [0.4, 0.5) is 5.69 Å². The highest BCUT2D eigenvalue weighted by atomic mass is 32.2. The summed E-state index contributed by atoms with van der Waals surface area (Å²) in [5, 5.41) is 2.33. The van der Waals surface area contributed by atoms with Crippen LogP contribution in [0.5, 0.6) is 5.75 Å². The van der Waals surface area contributed by atoms with Gasteiger partial charge in [0.15, 0.2) is 6.10 Å². The largest absolute Gasteiger partial charge is 0.495 e. The molecule has 0 saturated heterocycles.